The summed E-state index contributed by atoms with van der Waals surface area (Å²) in [5.74, 6) is 1.67. The van der Waals surface area contributed by atoms with Gasteiger partial charge in [0.2, 0.25) is 0 Å². The van der Waals surface area contributed by atoms with Crippen LogP contribution in [0.5, 0.6) is 5.75 Å². The highest BCUT2D eigenvalue weighted by atomic mass is 79.9. The molecule has 1 heterocycles. The predicted molar refractivity (Wildman–Crippen MR) is 88.3 cm³/mol. The molecule has 1 fully saturated rings. The minimum Gasteiger partial charge on any atom is -0.492 e. The minimum absolute atomic E-state index is 0.674. The highest BCUT2D eigenvalue weighted by molar-refractivity contribution is 9.11. The molecule has 2 rings (SSSR count). The standard InChI is InChI=1S/C15H21Br2NO2/c1-2-20-15-12(7-13(16)8-14(15)17)10-18-9-11-3-5-19-6-4-11/h7-8,11,18H,2-6,9-10H2,1H3. The van der Waals surface area contributed by atoms with Crippen molar-refractivity contribution in [3.63, 3.8) is 0 Å². The number of halogens is 2. The Morgan fingerprint density at radius 2 is 2.05 bits per heavy atom. The molecule has 1 aliphatic rings. The van der Waals surface area contributed by atoms with Gasteiger partial charge >= 0.3 is 0 Å². The van der Waals surface area contributed by atoms with Gasteiger partial charge in [0, 0.05) is 29.8 Å². The molecule has 0 bridgehead atoms. The van der Waals surface area contributed by atoms with Gasteiger partial charge in [0.25, 0.3) is 0 Å². The Balaban J connectivity index is 1.93. The summed E-state index contributed by atoms with van der Waals surface area (Å²) in [4.78, 5) is 0. The third-order valence-electron chi connectivity index (χ3n) is 3.46. The molecule has 5 heteroatoms. The van der Waals surface area contributed by atoms with Crippen molar-refractivity contribution in [2.24, 2.45) is 5.92 Å². The summed E-state index contributed by atoms with van der Waals surface area (Å²) in [6, 6.07) is 4.14. The first-order valence-electron chi connectivity index (χ1n) is 7.10. The fourth-order valence-corrected chi connectivity index (χ4v) is 3.84. The topological polar surface area (TPSA) is 30.5 Å². The van der Waals surface area contributed by atoms with Gasteiger partial charge in [-0.05, 0) is 60.3 Å². The van der Waals surface area contributed by atoms with Gasteiger partial charge in [-0.2, -0.15) is 0 Å². The zero-order chi connectivity index (χ0) is 14.4. The van der Waals surface area contributed by atoms with E-state index in [1.807, 2.05) is 13.0 Å². The van der Waals surface area contributed by atoms with Crippen LogP contribution in [0.3, 0.4) is 0 Å². The van der Waals surface area contributed by atoms with Crippen molar-refractivity contribution in [3.05, 3.63) is 26.6 Å². The van der Waals surface area contributed by atoms with Crippen molar-refractivity contribution in [1.82, 2.24) is 5.32 Å². The molecule has 1 saturated heterocycles. The molecule has 1 aliphatic heterocycles. The summed E-state index contributed by atoms with van der Waals surface area (Å²) in [6.07, 6.45) is 2.32. The highest BCUT2D eigenvalue weighted by Gasteiger charge is 2.14. The van der Waals surface area contributed by atoms with Crippen molar-refractivity contribution < 1.29 is 9.47 Å². The lowest BCUT2D eigenvalue weighted by molar-refractivity contribution is 0.0662. The Morgan fingerprint density at radius 1 is 1.30 bits per heavy atom. The second kappa shape index (κ2) is 8.37. The van der Waals surface area contributed by atoms with E-state index in [0.29, 0.717) is 6.61 Å². The van der Waals surface area contributed by atoms with Crippen LogP contribution >= 0.6 is 31.9 Å². The molecular formula is C15H21Br2NO2. The van der Waals surface area contributed by atoms with Crippen molar-refractivity contribution in [3.8, 4) is 5.75 Å². The quantitative estimate of drug-likeness (QED) is 0.770. The zero-order valence-electron chi connectivity index (χ0n) is 11.8. The minimum atomic E-state index is 0.674. The Labute approximate surface area is 137 Å². The summed E-state index contributed by atoms with van der Waals surface area (Å²) in [6.45, 7) is 6.35. The molecule has 20 heavy (non-hydrogen) atoms. The second-order valence-corrected chi connectivity index (χ2v) is 6.77. The molecule has 1 aromatic carbocycles. The molecular weight excluding hydrogens is 386 g/mol. The van der Waals surface area contributed by atoms with E-state index in [2.05, 4.69) is 43.2 Å². The van der Waals surface area contributed by atoms with Crippen LogP contribution in [0.25, 0.3) is 0 Å². The number of nitrogens with one attached hydrogen (secondary N) is 1. The van der Waals surface area contributed by atoms with Gasteiger partial charge in [-0.3, -0.25) is 0 Å². The SMILES string of the molecule is CCOc1c(Br)cc(Br)cc1CNCC1CCOCC1. The van der Waals surface area contributed by atoms with E-state index in [4.69, 9.17) is 9.47 Å². The van der Waals surface area contributed by atoms with E-state index in [1.165, 1.54) is 5.56 Å². The number of ether oxygens (including phenoxy) is 2. The van der Waals surface area contributed by atoms with Crippen LogP contribution in [0.4, 0.5) is 0 Å². The van der Waals surface area contributed by atoms with Crippen molar-refractivity contribution >= 4 is 31.9 Å². The average Bonchev–Trinajstić information content (AvgIpc) is 2.43. The van der Waals surface area contributed by atoms with Crippen molar-refractivity contribution in [2.75, 3.05) is 26.4 Å². The normalized spacial score (nSPS) is 16.4. The summed E-state index contributed by atoms with van der Waals surface area (Å²) in [7, 11) is 0. The van der Waals surface area contributed by atoms with E-state index in [0.717, 1.165) is 59.8 Å². The molecule has 0 spiro atoms. The van der Waals surface area contributed by atoms with Crippen LogP contribution in [-0.2, 0) is 11.3 Å². The van der Waals surface area contributed by atoms with Crippen molar-refractivity contribution in [1.29, 1.82) is 0 Å². The molecule has 1 aromatic rings. The predicted octanol–water partition coefficient (Wildman–Crippen LogP) is 4.13. The maximum absolute atomic E-state index is 5.74. The summed E-state index contributed by atoms with van der Waals surface area (Å²) >= 11 is 7.11. The lowest BCUT2D eigenvalue weighted by Gasteiger charge is -2.22. The van der Waals surface area contributed by atoms with E-state index < -0.39 is 0 Å². The summed E-state index contributed by atoms with van der Waals surface area (Å²) in [5.41, 5.74) is 1.18. The molecule has 0 saturated carbocycles. The Hall–Kier alpha value is -0.100. The molecule has 112 valence electrons. The highest BCUT2D eigenvalue weighted by Crippen LogP contribution is 2.33. The lowest BCUT2D eigenvalue weighted by Crippen LogP contribution is -2.27. The second-order valence-electron chi connectivity index (χ2n) is 5.00. The first-order chi connectivity index (χ1) is 9.70. The third-order valence-corrected chi connectivity index (χ3v) is 4.51. The third kappa shape index (κ3) is 4.72. The van der Waals surface area contributed by atoms with Gasteiger partial charge in [-0.15, -0.1) is 0 Å². The van der Waals surface area contributed by atoms with Crippen LogP contribution in [0.15, 0.2) is 21.1 Å². The molecule has 0 atom stereocenters. The van der Waals surface area contributed by atoms with Crippen LogP contribution in [0.1, 0.15) is 25.3 Å². The Kier molecular flexibility index (Phi) is 6.81. The fourth-order valence-electron chi connectivity index (χ4n) is 2.41. The van der Waals surface area contributed by atoms with Gasteiger partial charge in [0.05, 0.1) is 11.1 Å². The largest absolute Gasteiger partial charge is 0.492 e. The number of benzene rings is 1. The first kappa shape index (κ1) is 16.3. The zero-order valence-corrected chi connectivity index (χ0v) is 14.9. The average molecular weight is 407 g/mol. The molecule has 0 unspecified atom stereocenters. The van der Waals surface area contributed by atoms with Crippen molar-refractivity contribution in [2.45, 2.75) is 26.3 Å². The maximum Gasteiger partial charge on any atom is 0.138 e. The van der Waals surface area contributed by atoms with Crippen LogP contribution in [0, 0.1) is 5.92 Å². The van der Waals surface area contributed by atoms with Crippen LogP contribution in [-0.4, -0.2) is 26.4 Å². The Morgan fingerprint density at radius 3 is 2.75 bits per heavy atom. The van der Waals surface area contributed by atoms with E-state index in [1.54, 1.807) is 0 Å². The lowest BCUT2D eigenvalue weighted by atomic mass is 10.0. The number of rotatable bonds is 6. The van der Waals surface area contributed by atoms with Crippen LogP contribution in [0.2, 0.25) is 0 Å². The number of hydrogen-bond donors (Lipinski definition) is 1. The van der Waals surface area contributed by atoms with Crippen LogP contribution < -0.4 is 10.1 Å². The van der Waals surface area contributed by atoms with Gasteiger partial charge in [0.1, 0.15) is 5.75 Å². The van der Waals surface area contributed by atoms with Gasteiger partial charge in [-0.1, -0.05) is 15.9 Å². The molecule has 1 N–H and O–H groups in total. The number of hydrogen-bond acceptors (Lipinski definition) is 3. The van der Waals surface area contributed by atoms with E-state index in [-0.39, 0.29) is 0 Å². The summed E-state index contributed by atoms with van der Waals surface area (Å²) in [5, 5.41) is 3.55. The smallest absolute Gasteiger partial charge is 0.138 e. The molecule has 0 aliphatic carbocycles. The summed E-state index contributed by atoms with van der Waals surface area (Å²) < 4.78 is 13.2. The van der Waals surface area contributed by atoms with Gasteiger partial charge in [0.15, 0.2) is 0 Å². The maximum atomic E-state index is 5.74. The molecule has 3 nitrogen and oxygen atoms in total. The fraction of sp³-hybridized carbons (Fsp3) is 0.600. The molecule has 0 amide bonds. The Bertz CT molecular complexity index is 434. The van der Waals surface area contributed by atoms with E-state index in [9.17, 15) is 0 Å². The first-order valence-corrected chi connectivity index (χ1v) is 8.68. The van der Waals surface area contributed by atoms with E-state index >= 15 is 0 Å². The monoisotopic (exact) mass is 405 g/mol. The molecule has 0 radical (unpaired) electrons. The van der Waals surface area contributed by atoms with Gasteiger partial charge < -0.3 is 14.8 Å². The van der Waals surface area contributed by atoms with Gasteiger partial charge in [-0.25, -0.2) is 0 Å². The molecule has 0 aromatic heterocycles.